The summed E-state index contributed by atoms with van der Waals surface area (Å²) in [4.78, 5) is 19.8. The molecule has 3 aliphatic carbocycles. The molecule has 2 aromatic rings. The highest BCUT2D eigenvalue weighted by atomic mass is 19.1. The third-order valence-electron chi connectivity index (χ3n) is 6.87. The quantitative estimate of drug-likeness (QED) is 0.806. The van der Waals surface area contributed by atoms with Crippen molar-refractivity contribution in [2.45, 2.75) is 50.6 Å². The van der Waals surface area contributed by atoms with Crippen molar-refractivity contribution in [1.29, 1.82) is 0 Å². The van der Waals surface area contributed by atoms with Crippen molar-refractivity contribution in [3.63, 3.8) is 0 Å². The molecular formula is C23H26F2N4O. The molecule has 1 amide bonds. The van der Waals surface area contributed by atoms with Crippen molar-refractivity contribution in [1.82, 2.24) is 10.3 Å². The van der Waals surface area contributed by atoms with Crippen LogP contribution in [0.5, 0.6) is 0 Å². The zero-order valence-electron chi connectivity index (χ0n) is 17.3. The molecule has 5 nitrogen and oxygen atoms in total. The van der Waals surface area contributed by atoms with Crippen LogP contribution in [0.25, 0.3) is 11.1 Å². The molecule has 3 saturated carbocycles. The Labute approximate surface area is 174 Å². The predicted octanol–water partition coefficient (Wildman–Crippen LogP) is 3.55. The number of carbonyl (C=O) groups excluding carboxylic acids is 1. The normalized spacial score (nSPS) is 29.4. The zero-order valence-corrected chi connectivity index (χ0v) is 17.3. The van der Waals surface area contributed by atoms with Crippen molar-refractivity contribution in [2.75, 3.05) is 18.0 Å². The first-order chi connectivity index (χ1) is 14.1. The second-order valence-electron chi connectivity index (χ2n) is 9.68. The lowest BCUT2D eigenvalue weighted by atomic mass is 9.50. The molecule has 158 valence electrons. The Morgan fingerprint density at radius 2 is 1.90 bits per heavy atom. The molecule has 1 aliphatic heterocycles. The van der Waals surface area contributed by atoms with Crippen LogP contribution >= 0.6 is 0 Å². The summed E-state index contributed by atoms with van der Waals surface area (Å²) < 4.78 is 28.1. The van der Waals surface area contributed by atoms with Crippen LogP contribution in [0.3, 0.4) is 0 Å². The largest absolute Gasteiger partial charge is 0.368 e. The number of amides is 1. The van der Waals surface area contributed by atoms with E-state index in [0.717, 1.165) is 37.7 Å². The molecule has 1 aromatic heterocycles. The Bertz CT molecular complexity index is 1010. The Hall–Kier alpha value is -2.54. The van der Waals surface area contributed by atoms with Gasteiger partial charge >= 0.3 is 0 Å². The second-order valence-corrected chi connectivity index (χ2v) is 9.68. The van der Waals surface area contributed by atoms with Gasteiger partial charge in [-0.2, -0.15) is 0 Å². The molecule has 1 atom stereocenters. The molecule has 3 N–H and O–H groups in total. The van der Waals surface area contributed by atoms with E-state index in [1.54, 1.807) is 13.1 Å². The van der Waals surface area contributed by atoms with E-state index in [1.807, 2.05) is 6.92 Å². The highest BCUT2D eigenvalue weighted by molar-refractivity contribution is 6.04. The molecule has 0 spiro atoms. The van der Waals surface area contributed by atoms with E-state index in [-0.39, 0.29) is 11.4 Å². The van der Waals surface area contributed by atoms with Gasteiger partial charge in [0.1, 0.15) is 11.6 Å². The van der Waals surface area contributed by atoms with E-state index in [4.69, 9.17) is 5.73 Å². The molecule has 2 bridgehead atoms. The number of anilines is 1. The Morgan fingerprint density at radius 3 is 2.43 bits per heavy atom. The smallest absolute Gasteiger partial charge is 0.255 e. The first kappa shape index (κ1) is 19.4. The molecule has 1 unspecified atom stereocenters. The van der Waals surface area contributed by atoms with Crippen LogP contribution in [-0.2, 0) is 0 Å². The molecule has 1 saturated heterocycles. The lowest BCUT2D eigenvalue weighted by molar-refractivity contribution is -0.0438. The highest BCUT2D eigenvalue weighted by Crippen LogP contribution is 2.57. The monoisotopic (exact) mass is 412 g/mol. The average molecular weight is 412 g/mol. The Kier molecular flexibility index (Phi) is 4.19. The first-order valence-corrected chi connectivity index (χ1v) is 10.5. The standard InChI is InChI=1S/C23H26F2N4O/c1-13-19(15-5-16(24)7-17(25)6-15)20(29-4-3-22(2,26)12-29)18(11-27-13)21(30)28-23-8-14(9-23)10-23/h5-7,11,14H,3-4,8-10,12,26H2,1-2H3,(H,28,30). The number of hydrogen-bond donors (Lipinski definition) is 2. The maximum absolute atomic E-state index is 14.0. The van der Waals surface area contributed by atoms with Crippen molar-refractivity contribution in [3.05, 3.63) is 47.3 Å². The molecule has 4 fully saturated rings. The van der Waals surface area contributed by atoms with Crippen LogP contribution in [0, 0.1) is 24.5 Å². The molecule has 0 radical (unpaired) electrons. The fourth-order valence-corrected chi connectivity index (χ4v) is 5.25. The number of hydrogen-bond acceptors (Lipinski definition) is 4. The molecule has 7 heteroatoms. The summed E-state index contributed by atoms with van der Waals surface area (Å²) in [5.41, 5.74) is 8.55. The van der Waals surface area contributed by atoms with Gasteiger partial charge in [0.05, 0.1) is 11.3 Å². The van der Waals surface area contributed by atoms with Gasteiger partial charge in [-0.15, -0.1) is 0 Å². The SMILES string of the molecule is Cc1ncc(C(=O)NC23CC(C2)C3)c(N2CCC(C)(N)C2)c1-c1cc(F)cc(F)c1. The minimum Gasteiger partial charge on any atom is -0.368 e. The maximum Gasteiger partial charge on any atom is 0.255 e. The van der Waals surface area contributed by atoms with Crippen molar-refractivity contribution in [2.24, 2.45) is 11.7 Å². The summed E-state index contributed by atoms with van der Waals surface area (Å²) in [5, 5.41) is 3.20. The summed E-state index contributed by atoms with van der Waals surface area (Å²) in [7, 11) is 0. The number of nitrogens with one attached hydrogen (secondary N) is 1. The lowest BCUT2D eigenvalue weighted by Crippen LogP contribution is -2.68. The van der Waals surface area contributed by atoms with Gasteiger partial charge in [0.15, 0.2) is 0 Å². The van der Waals surface area contributed by atoms with Gasteiger partial charge in [0.2, 0.25) is 0 Å². The van der Waals surface area contributed by atoms with Crippen LogP contribution in [0.1, 0.15) is 48.7 Å². The van der Waals surface area contributed by atoms with Crippen molar-refractivity contribution >= 4 is 11.6 Å². The van der Waals surface area contributed by atoms with E-state index >= 15 is 0 Å². The predicted molar refractivity (Wildman–Crippen MR) is 111 cm³/mol. The van der Waals surface area contributed by atoms with Gasteiger partial charge < -0.3 is 16.0 Å². The number of rotatable bonds is 4. The number of carbonyl (C=O) groups is 1. The zero-order chi connectivity index (χ0) is 21.3. The van der Waals surface area contributed by atoms with Gasteiger partial charge in [-0.05, 0) is 63.1 Å². The van der Waals surface area contributed by atoms with Crippen molar-refractivity contribution < 1.29 is 13.6 Å². The van der Waals surface area contributed by atoms with Gasteiger partial charge in [0.25, 0.3) is 5.91 Å². The lowest BCUT2D eigenvalue weighted by Gasteiger charge is -2.61. The van der Waals surface area contributed by atoms with E-state index in [1.165, 1.54) is 12.1 Å². The van der Waals surface area contributed by atoms with Crippen LogP contribution in [0.15, 0.2) is 24.4 Å². The third-order valence-corrected chi connectivity index (χ3v) is 6.87. The van der Waals surface area contributed by atoms with E-state index < -0.39 is 17.2 Å². The fraction of sp³-hybridized carbons (Fsp3) is 0.478. The van der Waals surface area contributed by atoms with Crippen LogP contribution in [0.2, 0.25) is 0 Å². The van der Waals surface area contributed by atoms with Gasteiger partial charge in [-0.1, -0.05) is 0 Å². The van der Waals surface area contributed by atoms with Gasteiger partial charge in [-0.3, -0.25) is 9.78 Å². The van der Waals surface area contributed by atoms with E-state index in [0.29, 0.717) is 41.2 Å². The molecule has 30 heavy (non-hydrogen) atoms. The summed E-state index contributed by atoms with van der Waals surface area (Å²) in [6.45, 7) is 4.98. The average Bonchev–Trinajstić information content (AvgIpc) is 2.95. The van der Waals surface area contributed by atoms with Crippen LogP contribution in [0.4, 0.5) is 14.5 Å². The first-order valence-electron chi connectivity index (χ1n) is 10.5. The molecule has 2 heterocycles. The topological polar surface area (TPSA) is 71.2 Å². The summed E-state index contributed by atoms with van der Waals surface area (Å²) in [5.74, 6) is -0.768. The number of halogens is 2. The minimum atomic E-state index is -0.663. The highest BCUT2D eigenvalue weighted by Gasteiger charge is 2.57. The molecular weight excluding hydrogens is 386 g/mol. The van der Waals surface area contributed by atoms with E-state index in [2.05, 4.69) is 15.2 Å². The van der Waals surface area contributed by atoms with Crippen molar-refractivity contribution in [3.8, 4) is 11.1 Å². The Morgan fingerprint density at radius 1 is 1.23 bits per heavy atom. The molecule has 4 aliphatic rings. The van der Waals surface area contributed by atoms with E-state index in [9.17, 15) is 13.6 Å². The van der Waals surface area contributed by atoms with Gasteiger partial charge in [-0.25, -0.2) is 8.78 Å². The molecule has 1 aromatic carbocycles. The summed E-state index contributed by atoms with van der Waals surface area (Å²) >= 11 is 0. The Balaban J connectivity index is 1.64. The minimum absolute atomic E-state index is 0.0809. The number of benzene rings is 1. The summed E-state index contributed by atoms with van der Waals surface area (Å²) in [6, 6.07) is 3.42. The number of nitrogens with zero attached hydrogens (tertiary/aromatic N) is 2. The fourth-order valence-electron chi connectivity index (χ4n) is 5.25. The third kappa shape index (κ3) is 3.16. The van der Waals surface area contributed by atoms with Gasteiger partial charge in [0, 0.05) is 47.7 Å². The summed E-state index contributed by atoms with van der Waals surface area (Å²) in [6.07, 6.45) is 5.43. The number of aromatic nitrogens is 1. The number of aryl methyl sites for hydroxylation is 1. The van der Waals surface area contributed by atoms with Crippen LogP contribution < -0.4 is 16.0 Å². The van der Waals surface area contributed by atoms with Crippen LogP contribution in [-0.4, -0.2) is 35.1 Å². The number of nitrogens with two attached hydrogens (primary N) is 1. The molecule has 6 rings (SSSR count). The number of pyridine rings is 1. The maximum atomic E-state index is 14.0. The second kappa shape index (κ2) is 6.48.